The zero-order valence-electron chi connectivity index (χ0n) is 14.6. The molecule has 1 saturated heterocycles. The van der Waals surface area contributed by atoms with Crippen molar-refractivity contribution in [2.75, 3.05) is 18.5 Å². The largest absolute Gasteiger partial charge is 0.352 e. The van der Waals surface area contributed by atoms with Crippen LogP contribution in [0, 0.1) is 11.3 Å². The first-order valence-corrected chi connectivity index (χ1v) is 8.51. The molecule has 0 bridgehead atoms. The number of benzene rings is 2. The first kappa shape index (κ1) is 17.5. The van der Waals surface area contributed by atoms with Gasteiger partial charge in [-0.1, -0.05) is 30.3 Å². The van der Waals surface area contributed by atoms with Gasteiger partial charge in [0, 0.05) is 32.2 Å². The van der Waals surface area contributed by atoms with Gasteiger partial charge in [0.2, 0.25) is 5.91 Å². The molecular formula is C20H21N5O. The van der Waals surface area contributed by atoms with E-state index in [-0.39, 0.29) is 11.9 Å². The molecule has 3 rings (SSSR count). The second kappa shape index (κ2) is 8.17. The molecule has 1 aliphatic rings. The van der Waals surface area contributed by atoms with Crippen LogP contribution < -0.4 is 15.5 Å². The van der Waals surface area contributed by atoms with Gasteiger partial charge in [-0.15, -0.1) is 0 Å². The summed E-state index contributed by atoms with van der Waals surface area (Å²) in [7, 11) is 1.71. The average Bonchev–Trinajstić information content (AvgIpc) is 3.06. The van der Waals surface area contributed by atoms with E-state index in [9.17, 15) is 4.79 Å². The Balaban J connectivity index is 1.55. The molecule has 132 valence electrons. The fourth-order valence-electron chi connectivity index (χ4n) is 2.93. The van der Waals surface area contributed by atoms with Gasteiger partial charge in [0.25, 0.3) is 0 Å². The molecule has 1 amide bonds. The number of carbonyl (C=O) groups excluding carboxylic acids is 1. The zero-order valence-corrected chi connectivity index (χ0v) is 14.6. The predicted octanol–water partition coefficient (Wildman–Crippen LogP) is 2.03. The standard InChI is InChI=1S/C20H21N5O/c1-22-20(23-13-16-9-7-15(12-21)8-10-16)24-17-11-19(26)25(14-17)18-5-3-2-4-6-18/h2-10,17H,11,13-14H2,1H3,(H2,22,23,24). The summed E-state index contributed by atoms with van der Waals surface area (Å²) < 4.78 is 0. The van der Waals surface area contributed by atoms with E-state index in [0.29, 0.717) is 31.0 Å². The third kappa shape index (κ3) is 4.19. The van der Waals surface area contributed by atoms with Crippen LogP contribution >= 0.6 is 0 Å². The van der Waals surface area contributed by atoms with E-state index in [0.717, 1.165) is 11.3 Å². The van der Waals surface area contributed by atoms with Crippen LogP contribution in [0.3, 0.4) is 0 Å². The summed E-state index contributed by atoms with van der Waals surface area (Å²) >= 11 is 0. The number of anilines is 1. The van der Waals surface area contributed by atoms with Crippen LogP contribution in [-0.4, -0.2) is 31.5 Å². The number of rotatable bonds is 4. The van der Waals surface area contributed by atoms with Crippen molar-refractivity contribution in [3.63, 3.8) is 0 Å². The van der Waals surface area contributed by atoms with Crippen LogP contribution in [0.1, 0.15) is 17.5 Å². The number of guanidine groups is 1. The second-order valence-electron chi connectivity index (χ2n) is 6.12. The molecule has 0 aliphatic carbocycles. The number of nitrogens with zero attached hydrogens (tertiary/aromatic N) is 3. The lowest BCUT2D eigenvalue weighted by atomic mass is 10.1. The molecule has 2 aromatic carbocycles. The minimum absolute atomic E-state index is 0.00914. The van der Waals surface area contributed by atoms with Crippen LogP contribution in [0.4, 0.5) is 5.69 Å². The highest BCUT2D eigenvalue weighted by Crippen LogP contribution is 2.20. The third-order valence-electron chi connectivity index (χ3n) is 4.30. The topological polar surface area (TPSA) is 80.5 Å². The number of carbonyl (C=O) groups is 1. The molecule has 26 heavy (non-hydrogen) atoms. The van der Waals surface area contributed by atoms with E-state index < -0.39 is 0 Å². The second-order valence-corrected chi connectivity index (χ2v) is 6.12. The Bertz CT molecular complexity index is 824. The molecule has 0 radical (unpaired) electrons. The summed E-state index contributed by atoms with van der Waals surface area (Å²) in [6, 6.07) is 19.2. The number of hydrogen-bond donors (Lipinski definition) is 2. The van der Waals surface area contributed by atoms with Crippen molar-refractivity contribution in [1.29, 1.82) is 5.26 Å². The minimum Gasteiger partial charge on any atom is -0.352 e. The van der Waals surface area contributed by atoms with Crippen LogP contribution in [0.5, 0.6) is 0 Å². The number of hydrogen-bond acceptors (Lipinski definition) is 3. The van der Waals surface area contributed by atoms with E-state index >= 15 is 0 Å². The lowest BCUT2D eigenvalue weighted by Gasteiger charge is -2.19. The van der Waals surface area contributed by atoms with Crippen LogP contribution in [0.25, 0.3) is 0 Å². The maximum absolute atomic E-state index is 12.3. The monoisotopic (exact) mass is 347 g/mol. The summed E-state index contributed by atoms with van der Waals surface area (Å²) in [6.07, 6.45) is 0.437. The van der Waals surface area contributed by atoms with Gasteiger partial charge in [-0.2, -0.15) is 5.26 Å². The number of aliphatic imine (C=N–C) groups is 1. The molecule has 2 aromatic rings. The van der Waals surface area contributed by atoms with Gasteiger partial charge in [0.15, 0.2) is 5.96 Å². The predicted molar refractivity (Wildman–Crippen MR) is 102 cm³/mol. The highest BCUT2D eigenvalue weighted by Gasteiger charge is 2.30. The van der Waals surface area contributed by atoms with Gasteiger partial charge in [-0.05, 0) is 29.8 Å². The Hall–Kier alpha value is -3.33. The van der Waals surface area contributed by atoms with Gasteiger partial charge in [-0.3, -0.25) is 9.79 Å². The maximum Gasteiger partial charge on any atom is 0.229 e. The van der Waals surface area contributed by atoms with Crippen molar-refractivity contribution < 1.29 is 4.79 Å². The van der Waals surface area contributed by atoms with Crippen molar-refractivity contribution in [2.24, 2.45) is 4.99 Å². The molecule has 0 aromatic heterocycles. The van der Waals surface area contributed by atoms with E-state index in [1.165, 1.54) is 0 Å². The highest BCUT2D eigenvalue weighted by atomic mass is 16.2. The molecular weight excluding hydrogens is 326 g/mol. The quantitative estimate of drug-likeness (QED) is 0.655. The van der Waals surface area contributed by atoms with Gasteiger partial charge in [0.1, 0.15) is 0 Å². The first-order valence-electron chi connectivity index (χ1n) is 8.51. The molecule has 0 spiro atoms. The van der Waals surface area contributed by atoms with E-state index in [2.05, 4.69) is 21.7 Å². The molecule has 1 aliphatic heterocycles. The van der Waals surface area contributed by atoms with Crippen LogP contribution in [-0.2, 0) is 11.3 Å². The average molecular weight is 347 g/mol. The molecule has 1 heterocycles. The number of para-hydroxylation sites is 1. The van der Waals surface area contributed by atoms with Crippen molar-refractivity contribution in [2.45, 2.75) is 19.0 Å². The number of nitriles is 1. The van der Waals surface area contributed by atoms with Gasteiger partial charge < -0.3 is 15.5 Å². The van der Waals surface area contributed by atoms with Crippen LogP contribution in [0.15, 0.2) is 59.6 Å². The number of nitrogens with one attached hydrogen (secondary N) is 2. The molecule has 2 N–H and O–H groups in total. The van der Waals surface area contributed by atoms with Crippen molar-refractivity contribution in [1.82, 2.24) is 10.6 Å². The Morgan fingerprint density at radius 1 is 1.23 bits per heavy atom. The summed E-state index contributed by atoms with van der Waals surface area (Å²) in [4.78, 5) is 18.3. The molecule has 0 saturated carbocycles. The highest BCUT2D eigenvalue weighted by molar-refractivity contribution is 5.97. The molecule has 1 atom stereocenters. The number of amides is 1. The molecule has 6 heteroatoms. The van der Waals surface area contributed by atoms with Gasteiger partial charge in [-0.25, -0.2) is 0 Å². The molecule has 1 unspecified atom stereocenters. The van der Waals surface area contributed by atoms with E-state index in [1.54, 1.807) is 24.1 Å². The van der Waals surface area contributed by atoms with Gasteiger partial charge in [0.05, 0.1) is 17.7 Å². The summed E-state index contributed by atoms with van der Waals surface area (Å²) in [5.74, 6) is 0.762. The zero-order chi connectivity index (χ0) is 18.4. The van der Waals surface area contributed by atoms with E-state index in [1.807, 2.05) is 42.5 Å². The first-order chi connectivity index (χ1) is 12.7. The Labute approximate surface area is 153 Å². The Morgan fingerprint density at radius 3 is 2.62 bits per heavy atom. The fourth-order valence-corrected chi connectivity index (χ4v) is 2.93. The SMILES string of the molecule is CN=C(NCc1ccc(C#N)cc1)NC1CC(=O)N(c2ccccc2)C1. The minimum atomic E-state index is 0.00914. The van der Waals surface area contributed by atoms with Crippen molar-refractivity contribution in [3.05, 3.63) is 65.7 Å². The maximum atomic E-state index is 12.3. The smallest absolute Gasteiger partial charge is 0.229 e. The lowest BCUT2D eigenvalue weighted by Crippen LogP contribution is -2.44. The van der Waals surface area contributed by atoms with Crippen molar-refractivity contribution >= 4 is 17.6 Å². The third-order valence-corrected chi connectivity index (χ3v) is 4.30. The van der Waals surface area contributed by atoms with Gasteiger partial charge >= 0.3 is 0 Å². The van der Waals surface area contributed by atoms with Crippen molar-refractivity contribution in [3.8, 4) is 6.07 Å². The lowest BCUT2D eigenvalue weighted by molar-refractivity contribution is -0.117. The summed E-state index contributed by atoms with van der Waals surface area (Å²) in [5.41, 5.74) is 2.62. The summed E-state index contributed by atoms with van der Waals surface area (Å²) in [6.45, 7) is 1.20. The Morgan fingerprint density at radius 2 is 1.96 bits per heavy atom. The van der Waals surface area contributed by atoms with E-state index in [4.69, 9.17) is 5.26 Å². The fraction of sp³-hybridized carbons (Fsp3) is 0.250. The van der Waals surface area contributed by atoms with Crippen LogP contribution in [0.2, 0.25) is 0 Å². The normalized spacial score (nSPS) is 17.1. The molecule has 1 fully saturated rings. The Kier molecular flexibility index (Phi) is 5.49. The summed E-state index contributed by atoms with van der Waals surface area (Å²) in [5, 5.41) is 15.4. The molecule has 6 nitrogen and oxygen atoms in total.